The molecule has 2 N–H and O–H groups in total. The molecule has 2 aromatic rings. The summed E-state index contributed by atoms with van der Waals surface area (Å²) in [5.41, 5.74) is 0.919. The van der Waals surface area contributed by atoms with Crippen molar-refractivity contribution in [3.8, 4) is 0 Å². The maximum atomic E-state index is 12.7. The Morgan fingerprint density at radius 1 is 1.00 bits per heavy atom. The van der Waals surface area contributed by atoms with Crippen LogP contribution in [-0.2, 0) is 12.7 Å². The van der Waals surface area contributed by atoms with Crippen molar-refractivity contribution in [1.29, 1.82) is 0 Å². The molecule has 1 atom stereocenters. The molecule has 5 heteroatoms. The van der Waals surface area contributed by atoms with Crippen LogP contribution in [0.25, 0.3) is 0 Å². The first kappa shape index (κ1) is 16.5. The minimum atomic E-state index is -4.33. The smallest absolute Gasteiger partial charge is 0.396 e. The molecule has 0 aliphatic rings. The fraction of sp³-hybridized carbons (Fsp3) is 0.294. The molecular weight excluding hydrogens is 291 g/mol. The molecule has 0 heterocycles. The highest BCUT2D eigenvalue weighted by atomic mass is 19.4. The Balaban J connectivity index is 2.07. The maximum absolute atomic E-state index is 12.7. The lowest BCUT2D eigenvalue weighted by molar-refractivity contribution is -0.137. The molecule has 0 aromatic heterocycles. The molecule has 0 radical (unpaired) electrons. The van der Waals surface area contributed by atoms with Crippen LogP contribution in [0.15, 0.2) is 54.6 Å². The molecular formula is C17H18F3NO. The summed E-state index contributed by atoms with van der Waals surface area (Å²) in [5.74, 6) is 0. The summed E-state index contributed by atoms with van der Waals surface area (Å²) in [7, 11) is 0. The van der Waals surface area contributed by atoms with Crippen LogP contribution in [0.4, 0.5) is 13.2 Å². The third-order valence-corrected chi connectivity index (χ3v) is 3.43. The summed E-state index contributed by atoms with van der Waals surface area (Å²) in [4.78, 5) is 0. The van der Waals surface area contributed by atoms with Gasteiger partial charge in [-0.05, 0) is 23.6 Å². The van der Waals surface area contributed by atoms with E-state index in [0.717, 1.165) is 17.7 Å². The Morgan fingerprint density at radius 3 is 2.36 bits per heavy atom. The van der Waals surface area contributed by atoms with Crippen LogP contribution in [0.5, 0.6) is 0 Å². The Morgan fingerprint density at radius 2 is 1.73 bits per heavy atom. The first-order chi connectivity index (χ1) is 10.5. The zero-order valence-corrected chi connectivity index (χ0v) is 12.0. The summed E-state index contributed by atoms with van der Waals surface area (Å²) in [6, 6.07) is 14.7. The minimum Gasteiger partial charge on any atom is -0.396 e. The lowest BCUT2D eigenvalue weighted by Crippen LogP contribution is -2.22. The highest BCUT2D eigenvalue weighted by Crippen LogP contribution is 2.29. The SMILES string of the molecule is OCC[C@@H](NCc1cccc(C(F)(F)F)c1)c1ccccc1. The molecule has 118 valence electrons. The largest absolute Gasteiger partial charge is 0.416 e. The molecule has 2 nitrogen and oxygen atoms in total. The summed E-state index contributed by atoms with van der Waals surface area (Å²) < 4.78 is 38.1. The zero-order valence-electron chi connectivity index (χ0n) is 12.0. The third-order valence-electron chi connectivity index (χ3n) is 3.43. The van der Waals surface area contributed by atoms with Gasteiger partial charge in [0.1, 0.15) is 0 Å². The van der Waals surface area contributed by atoms with Gasteiger partial charge in [-0.25, -0.2) is 0 Å². The number of aliphatic hydroxyl groups excluding tert-OH is 1. The molecule has 0 bridgehead atoms. The van der Waals surface area contributed by atoms with E-state index in [4.69, 9.17) is 5.11 Å². The van der Waals surface area contributed by atoms with Gasteiger partial charge in [-0.15, -0.1) is 0 Å². The number of alkyl halides is 3. The van der Waals surface area contributed by atoms with Gasteiger partial charge in [-0.3, -0.25) is 0 Å². The quantitative estimate of drug-likeness (QED) is 0.847. The van der Waals surface area contributed by atoms with E-state index in [0.29, 0.717) is 18.5 Å². The van der Waals surface area contributed by atoms with Gasteiger partial charge in [0.2, 0.25) is 0 Å². The molecule has 0 fully saturated rings. The van der Waals surface area contributed by atoms with Gasteiger partial charge >= 0.3 is 6.18 Å². The van der Waals surface area contributed by atoms with E-state index in [-0.39, 0.29) is 12.6 Å². The van der Waals surface area contributed by atoms with Crippen molar-refractivity contribution in [2.24, 2.45) is 0 Å². The van der Waals surface area contributed by atoms with Gasteiger partial charge in [-0.2, -0.15) is 13.2 Å². The molecule has 0 aliphatic heterocycles. The third kappa shape index (κ3) is 4.58. The van der Waals surface area contributed by atoms with Crippen LogP contribution in [0.1, 0.15) is 29.2 Å². The lowest BCUT2D eigenvalue weighted by atomic mass is 10.0. The monoisotopic (exact) mass is 309 g/mol. The van der Waals surface area contributed by atoms with Crippen molar-refractivity contribution in [2.75, 3.05) is 6.61 Å². The van der Waals surface area contributed by atoms with Gasteiger partial charge < -0.3 is 10.4 Å². The molecule has 0 spiro atoms. The number of benzene rings is 2. The first-order valence-corrected chi connectivity index (χ1v) is 7.06. The van der Waals surface area contributed by atoms with Crippen LogP contribution >= 0.6 is 0 Å². The number of hydrogen-bond donors (Lipinski definition) is 2. The highest BCUT2D eigenvalue weighted by molar-refractivity contribution is 5.26. The van der Waals surface area contributed by atoms with Crippen LogP contribution in [0.3, 0.4) is 0 Å². The Bertz CT molecular complexity index is 584. The molecule has 0 saturated heterocycles. The number of nitrogens with one attached hydrogen (secondary N) is 1. The second-order valence-corrected chi connectivity index (χ2v) is 5.05. The summed E-state index contributed by atoms with van der Waals surface area (Å²) >= 11 is 0. The Kier molecular flexibility index (Phi) is 5.57. The van der Waals surface area contributed by atoms with E-state index in [2.05, 4.69) is 5.32 Å². The van der Waals surface area contributed by atoms with E-state index < -0.39 is 11.7 Å². The Labute approximate surface area is 127 Å². The van der Waals surface area contributed by atoms with Crippen molar-refractivity contribution >= 4 is 0 Å². The molecule has 0 amide bonds. The normalized spacial score (nSPS) is 13.1. The van der Waals surface area contributed by atoms with Gasteiger partial charge in [0.15, 0.2) is 0 Å². The second-order valence-electron chi connectivity index (χ2n) is 5.05. The molecule has 2 rings (SSSR count). The van der Waals surface area contributed by atoms with E-state index in [1.807, 2.05) is 30.3 Å². The molecule has 0 unspecified atom stereocenters. The second kappa shape index (κ2) is 7.42. The standard InChI is InChI=1S/C17H18F3NO/c18-17(19,20)15-8-4-5-13(11-15)12-21-16(9-10-22)14-6-2-1-3-7-14/h1-8,11,16,21-22H,9-10,12H2/t16-/m1/s1. The van der Waals surface area contributed by atoms with Crippen molar-refractivity contribution in [2.45, 2.75) is 25.2 Å². The maximum Gasteiger partial charge on any atom is 0.416 e. The van der Waals surface area contributed by atoms with E-state index in [1.54, 1.807) is 6.07 Å². The van der Waals surface area contributed by atoms with Gasteiger partial charge in [0, 0.05) is 19.2 Å². The van der Waals surface area contributed by atoms with Crippen molar-refractivity contribution in [1.82, 2.24) is 5.32 Å². The fourth-order valence-electron chi connectivity index (χ4n) is 2.30. The summed E-state index contributed by atoms with van der Waals surface area (Å²) in [6.07, 6.45) is -3.83. The number of aliphatic hydroxyl groups is 1. The van der Waals surface area contributed by atoms with Gasteiger partial charge in [0.25, 0.3) is 0 Å². The summed E-state index contributed by atoms with van der Waals surface area (Å²) in [5, 5.41) is 12.4. The minimum absolute atomic E-state index is 0.00908. The van der Waals surface area contributed by atoms with Crippen molar-refractivity contribution in [3.63, 3.8) is 0 Å². The first-order valence-electron chi connectivity index (χ1n) is 7.06. The number of hydrogen-bond acceptors (Lipinski definition) is 2. The van der Waals surface area contributed by atoms with E-state index in [1.165, 1.54) is 6.07 Å². The average Bonchev–Trinajstić information content (AvgIpc) is 2.52. The van der Waals surface area contributed by atoms with Gasteiger partial charge in [0.05, 0.1) is 5.56 Å². The van der Waals surface area contributed by atoms with Crippen LogP contribution in [0, 0.1) is 0 Å². The fourth-order valence-corrected chi connectivity index (χ4v) is 2.30. The van der Waals surface area contributed by atoms with E-state index in [9.17, 15) is 13.2 Å². The lowest BCUT2D eigenvalue weighted by Gasteiger charge is -2.19. The Hall–Kier alpha value is -1.85. The zero-order chi connectivity index (χ0) is 16.0. The predicted octanol–water partition coefficient (Wildman–Crippen LogP) is 3.92. The topological polar surface area (TPSA) is 32.3 Å². The van der Waals surface area contributed by atoms with Crippen molar-refractivity contribution in [3.05, 3.63) is 71.3 Å². The number of rotatable bonds is 6. The molecule has 22 heavy (non-hydrogen) atoms. The predicted molar refractivity (Wildman–Crippen MR) is 79.2 cm³/mol. The number of halogens is 3. The highest BCUT2D eigenvalue weighted by Gasteiger charge is 2.30. The molecule has 0 saturated carbocycles. The molecule has 0 aliphatic carbocycles. The summed E-state index contributed by atoms with van der Waals surface area (Å²) in [6.45, 7) is 0.318. The van der Waals surface area contributed by atoms with Crippen LogP contribution in [-0.4, -0.2) is 11.7 Å². The van der Waals surface area contributed by atoms with Crippen LogP contribution < -0.4 is 5.32 Å². The van der Waals surface area contributed by atoms with Gasteiger partial charge in [-0.1, -0.05) is 48.5 Å². The van der Waals surface area contributed by atoms with Crippen molar-refractivity contribution < 1.29 is 18.3 Å². The van der Waals surface area contributed by atoms with Crippen LogP contribution in [0.2, 0.25) is 0 Å². The average molecular weight is 309 g/mol. The molecule has 2 aromatic carbocycles. The van der Waals surface area contributed by atoms with E-state index >= 15 is 0 Å².